The Morgan fingerprint density at radius 3 is 1.88 bits per heavy atom. The van der Waals surface area contributed by atoms with Crippen molar-refractivity contribution in [3.63, 3.8) is 0 Å². The summed E-state index contributed by atoms with van der Waals surface area (Å²) in [5.41, 5.74) is 0. The molecule has 0 amide bonds. The van der Waals surface area contributed by atoms with Crippen LogP contribution in [0.2, 0.25) is 0 Å². The molecule has 0 radical (unpaired) electrons. The smallest absolute Gasteiger partial charge is 0.115 e. The Labute approximate surface area is 105 Å². The lowest BCUT2D eigenvalue weighted by atomic mass is 9.96. The van der Waals surface area contributed by atoms with Crippen molar-refractivity contribution in [2.45, 2.75) is 64.1 Å². The molecular formula is C13H26O4. The summed E-state index contributed by atoms with van der Waals surface area (Å²) in [5.74, 6) is 0. The van der Waals surface area contributed by atoms with E-state index in [0.717, 1.165) is 19.4 Å². The SMILES string of the molecule is CCCCOC1C(OC)[C@H](C)OC(C)[C@@H]1OC. The predicted octanol–water partition coefficient (Wildman–Crippen LogP) is 2.01. The second kappa shape index (κ2) is 7.31. The van der Waals surface area contributed by atoms with E-state index in [4.69, 9.17) is 18.9 Å². The van der Waals surface area contributed by atoms with Crippen LogP contribution in [0.1, 0.15) is 33.6 Å². The second-order valence-corrected chi connectivity index (χ2v) is 4.64. The van der Waals surface area contributed by atoms with Gasteiger partial charge >= 0.3 is 0 Å². The largest absolute Gasteiger partial charge is 0.376 e. The van der Waals surface area contributed by atoms with Gasteiger partial charge in [-0.25, -0.2) is 0 Å². The lowest BCUT2D eigenvalue weighted by Crippen LogP contribution is -2.58. The van der Waals surface area contributed by atoms with Gasteiger partial charge < -0.3 is 18.9 Å². The van der Waals surface area contributed by atoms with Gasteiger partial charge in [-0.1, -0.05) is 13.3 Å². The molecular weight excluding hydrogens is 220 g/mol. The van der Waals surface area contributed by atoms with E-state index in [-0.39, 0.29) is 30.5 Å². The molecule has 1 fully saturated rings. The van der Waals surface area contributed by atoms with Gasteiger partial charge in [0.2, 0.25) is 0 Å². The summed E-state index contributed by atoms with van der Waals surface area (Å²) in [6, 6.07) is 0. The summed E-state index contributed by atoms with van der Waals surface area (Å²) in [7, 11) is 3.40. The van der Waals surface area contributed by atoms with Gasteiger partial charge in [-0.15, -0.1) is 0 Å². The third-order valence-electron chi connectivity index (χ3n) is 3.35. The molecule has 0 spiro atoms. The molecule has 0 N–H and O–H groups in total. The highest BCUT2D eigenvalue weighted by molar-refractivity contribution is 4.92. The summed E-state index contributed by atoms with van der Waals surface area (Å²) in [6.07, 6.45) is 2.09. The number of ether oxygens (including phenoxy) is 4. The summed E-state index contributed by atoms with van der Waals surface area (Å²) in [5, 5.41) is 0. The quantitative estimate of drug-likeness (QED) is 0.672. The highest BCUT2D eigenvalue weighted by atomic mass is 16.6. The Morgan fingerprint density at radius 2 is 1.47 bits per heavy atom. The minimum Gasteiger partial charge on any atom is -0.376 e. The fourth-order valence-electron chi connectivity index (χ4n) is 2.42. The van der Waals surface area contributed by atoms with Crippen LogP contribution in [0.4, 0.5) is 0 Å². The van der Waals surface area contributed by atoms with Gasteiger partial charge in [0.15, 0.2) is 0 Å². The van der Waals surface area contributed by atoms with Gasteiger partial charge in [-0.05, 0) is 20.3 Å². The molecule has 3 unspecified atom stereocenters. The van der Waals surface area contributed by atoms with Crippen molar-refractivity contribution in [1.82, 2.24) is 0 Å². The van der Waals surface area contributed by atoms with Gasteiger partial charge in [0.25, 0.3) is 0 Å². The summed E-state index contributed by atoms with van der Waals surface area (Å²) in [4.78, 5) is 0. The zero-order valence-corrected chi connectivity index (χ0v) is 11.6. The molecule has 17 heavy (non-hydrogen) atoms. The van der Waals surface area contributed by atoms with Crippen molar-refractivity contribution < 1.29 is 18.9 Å². The molecule has 1 saturated heterocycles. The van der Waals surface area contributed by atoms with Gasteiger partial charge in [-0.2, -0.15) is 0 Å². The average Bonchev–Trinajstić information content (AvgIpc) is 2.29. The Hall–Kier alpha value is -0.160. The number of rotatable bonds is 6. The maximum atomic E-state index is 5.94. The summed E-state index contributed by atoms with van der Waals surface area (Å²) < 4.78 is 22.7. The van der Waals surface area contributed by atoms with E-state index in [9.17, 15) is 0 Å². The van der Waals surface area contributed by atoms with Crippen LogP contribution in [-0.2, 0) is 18.9 Å². The van der Waals surface area contributed by atoms with Crippen molar-refractivity contribution >= 4 is 0 Å². The van der Waals surface area contributed by atoms with Crippen molar-refractivity contribution in [3.8, 4) is 0 Å². The van der Waals surface area contributed by atoms with Gasteiger partial charge in [0, 0.05) is 20.8 Å². The molecule has 0 bridgehead atoms. The minimum atomic E-state index is -0.0620. The van der Waals surface area contributed by atoms with Crippen LogP contribution in [0.25, 0.3) is 0 Å². The molecule has 4 nitrogen and oxygen atoms in total. The highest BCUT2D eigenvalue weighted by Crippen LogP contribution is 2.27. The average molecular weight is 246 g/mol. The molecule has 0 saturated carbocycles. The van der Waals surface area contributed by atoms with Crippen LogP contribution < -0.4 is 0 Å². The molecule has 1 heterocycles. The topological polar surface area (TPSA) is 36.9 Å². The Balaban J connectivity index is 2.66. The highest BCUT2D eigenvalue weighted by Gasteiger charge is 2.43. The standard InChI is InChI=1S/C13H26O4/c1-6-7-8-16-13-11(14-4)9(2)17-10(3)12(13)15-5/h9-13H,6-8H2,1-5H3/t9-,10?,11?,12-,13?/m0/s1. The molecule has 0 aromatic heterocycles. The van der Waals surface area contributed by atoms with Gasteiger partial charge in [-0.3, -0.25) is 0 Å². The molecule has 1 aliphatic rings. The second-order valence-electron chi connectivity index (χ2n) is 4.64. The van der Waals surface area contributed by atoms with Crippen LogP contribution in [0.3, 0.4) is 0 Å². The fraction of sp³-hybridized carbons (Fsp3) is 1.00. The monoisotopic (exact) mass is 246 g/mol. The Kier molecular flexibility index (Phi) is 6.41. The third-order valence-corrected chi connectivity index (χ3v) is 3.35. The van der Waals surface area contributed by atoms with Crippen LogP contribution in [0.15, 0.2) is 0 Å². The molecule has 4 heteroatoms. The first-order valence-electron chi connectivity index (χ1n) is 6.48. The number of methoxy groups -OCH3 is 2. The Bertz CT molecular complexity index is 194. The molecule has 5 atom stereocenters. The van der Waals surface area contributed by atoms with E-state index in [1.807, 2.05) is 13.8 Å². The van der Waals surface area contributed by atoms with E-state index in [2.05, 4.69) is 6.92 Å². The van der Waals surface area contributed by atoms with E-state index >= 15 is 0 Å². The van der Waals surface area contributed by atoms with Crippen LogP contribution in [0.5, 0.6) is 0 Å². The molecule has 0 aromatic carbocycles. The molecule has 102 valence electrons. The van der Waals surface area contributed by atoms with Crippen LogP contribution in [-0.4, -0.2) is 51.3 Å². The molecule has 1 rings (SSSR count). The zero-order valence-electron chi connectivity index (χ0n) is 11.6. The first kappa shape index (κ1) is 14.9. The predicted molar refractivity (Wildman–Crippen MR) is 66.3 cm³/mol. The van der Waals surface area contributed by atoms with E-state index in [0.29, 0.717) is 0 Å². The zero-order chi connectivity index (χ0) is 12.8. The van der Waals surface area contributed by atoms with Crippen molar-refractivity contribution in [3.05, 3.63) is 0 Å². The Morgan fingerprint density at radius 1 is 0.941 bits per heavy atom. The summed E-state index contributed by atoms with van der Waals surface area (Å²) in [6.45, 7) is 6.94. The lowest BCUT2D eigenvalue weighted by molar-refractivity contribution is -0.239. The van der Waals surface area contributed by atoms with Crippen LogP contribution in [0, 0.1) is 0 Å². The first-order valence-corrected chi connectivity index (χ1v) is 6.48. The van der Waals surface area contributed by atoms with Crippen LogP contribution >= 0.6 is 0 Å². The van der Waals surface area contributed by atoms with Crippen molar-refractivity contribution in [2.75, 3.05) is 20.8 Å². The first-order chi connectivity index (χ1) is 8.15. The van der Waals surface area contributed by atoms with Crippen molar-refractivity contribution in [1.29, 1.82) is 0 Å². The van der Waals surface area contributed by atoms with E-state index < -0.39 is 0 Å². The fourth-order valence-corrected chi connectivity index (χ4v) is 2.42. The lowest BCUT2D eigenvalue weighted by Gasteiger charge is -2.43. The minimum absolute atomic E-state index is 0.0352. The maximum absolute atomic E-state index is 5.94. The number of unbranched alkanes of at least 4 members (excludes halogenated alkanes) is 1. The maximum Gasteiger partial charge on any atom is 0.115 e. The molecule has 0 aliphatic carbocycles. The molecule has 0 aromatic rings. The van der Waals surface area contributed by atoms with Crippen molar-refractivity contribution in [2.24, 2.45) is 0 Å². The third kappa shape index (κ3) is 3.65. The molecule has 1 aliphatic heterocycles. The normalized spacial score (nSPS) is 38.3. The number of hydrogen-bond donors (Lipinski definition) is 0. The van der Waals surface area contributed by atoms with E-state index in [1.165, 1.54) is 0 Å². The summed E-state index contributed by atoms with van der Waals surface area (Å²) >= 11 is 0. The van der Waals surface area contributed by atoms with Gasteiger partial charge in [0.1, 0.15) is 18.3 Å². The number of hydrogen-bond acceptors (Lipinski definition) is 4. The van der Waals surface area contributed by atoms with E-state index in [1.54, 1.807) is 14.2 Å². The van der Waals surface area contributed by atoms with Gasteiger partial charge in [0.05, 0.1) is 12.2 Å².